The van der Waals surface area contributed by atoms with Gasteiger partial charge < -0.3 is 15.4 Å². The van der Waals surface area contributed by atoms with Gasteiger partial charge in [-0.2, -0.15) is 0 Å². The molecule has 0 aliphatic heterocycles. The summed E-state index contributed by atoms with van der Waals surface area (Å²) in [6.07, 6.45) is 7.66. The first-order valence-corrected chi connectivity index (χ1v) is 7.08. The summed E-state index contributed by atoms with van der Waals surface area (Å²) < 4.78 is 5.29. The van der Waals surface area contributed by atoms with Gasteiger partial charge in [-0.25, -0.2) is 4.79 Å². The van der Waals surface area contributed by atoms with E-state index in [2.05, 4.69) is 44.4 Å². The van der Waals surface area contributed by atoms with Gasteiger partial charge in [0.05, 0.1) is 0 Å². The molecular weight excluding hydrogens is 240 g/mol. The molecule has 0 heterocycles. The van der Waals surface area contributed by atoms with Crippen LogP contribution in [0.4, 0.5) is 4.79 Å². The van der Waals surface area contributed by atoms with E-state index in [1.165, 1.54) is 0 Å². The first-order valence-electron chi connectivity index (χ1n) is 7.08. The van der Waals surface area contributed by atoms with E-state index < -0.39 is 0 Å². The molecule has 0 radical (unpaired) electrons. The van der Waals surface area contributed by atoms with E-state index in [-0.39, 0.29) is 23.3 Å². The molecule has 2 unspecified atom stereocenters. The first-order chi connectivity index (χ1) is 8.74. The van der Waals surface area contributed by atoms with Crippen LogP contribution in [0.3, 0.4) is 0 Å². The van der Waals surface area contributed by atoms with Crippen LogP contribution >= 0.6 is 0 Å². The molecule has 19 heavy (non-hydrogen) atoms. The van der Waals surface area contributed by atoms with E-state index in [1.54, 1.807) is 7.05 Å². The van der Waals surface area contributed by atoms with Crippen molar-refractivity contribution in [3.8, 4) is 0 Å². The summed E-state index contributed by atoms with van der Waals surface area (Å²) >= 11 is 0. The average molecular weight is 268 g/mol. The molecule has 1 aliphatic rings. The molecule has 0 saturated heterocycles. The zero-order valence-corrected chi connectivity index (χ0v) is 12.9. The largest absolute Gasteiger partial charge is 0.442 e. The van der Waals surface area contributed by atoms with Gasteiger partial charge in [-0.05, 0) is 59.5 Å². The topological polar surface area (TPSA) is 50.4 Å². The van der Waals surface area contributed by atoms with Crippen LogP contribution in [0.1, 0.15) is 53.4 Å². The first kappa shape index (κ1) is 16.0. The number of alkyl carbamates (subject to hydrolysis) is 1. The van der Waals surface area contributed by atoms with Crippen molar-refractivity contribution >= 4 is 6.09 Å². The lowest BCUT2D eigenvalue weighted by Gasteiger charge is -2.38. The molecule has 4 nitrogen and oxygen atoms in total. The third-order valence-electron chi connectivity index (χ3n) is 3.28. The number of carbonyl (C=O) groups is 1. The Balaban J connectivity index is 2.60. The molecule has 110 valence electrons. The summed E-state index contributed by atoms with van der Waals surface area (Å²) in [5.74, 6) is 0. The maximum Gasteiger partial charge on any atom is 0.407 e. The van der Waals surface area contributed by atoms with Crippen LogP contribution < -0.4 is 10.6 Å². The minimum Gasteiger partial charge on any atom is -0.442 e. The van der Waals surface area contributed by atoms with E-state index in [4.69, 9.17) is 4.74 Å². The quantitative estimate of drug-likeness (QED) is 0.757. The van der Waals surface area contributed by atoms with Gasteiger partial charge in [-0.1, -0.05) is 6.08 Å². The van der Waals surface area contributed by atoms with Crippen molar-refractivity contribution in [2.75, 3.05) is 7.05 Å². The SMILES string of the molecule is CNC(=O)OC1/C=C/CC(C)(NC(C)(C)C)CCC1. The molecular formula is C15H28N2O2. The van der Waals surface area contributed by atoms with Crippen molar-refractivity contribution in [1.82, 2.24) is 10.6 Å². The predicted molar refractivity (Wildman–Crippen MR) is 78.2 cm³/mol. The van der Waals surface area contributed by atoms with Gasteiger partial charge in [-0.3, -0.25) is 0 Å². The maximum atomic E-state index is 11.2. The Morgan fingerprint density at radius 3 is 2.68 bits per heavy atom. The number of carbonyl (C=O) groups excluding carboxylic acids is 1. The molecule has 0 aromatic heterocycles. The Kier molecular flexibility index (Phi) is 5.41. The Hall–Kier alpha value is -1.03. The fourth-order valence-electron chi connectivity index (χ4n) is 2.69. The molecule has 0 bridgehead atoms. The van der Waals surface area contributed by atoms with Gasteiger partial charge in [0.15, 0.2) is 0 Å². The minimum atomic E-state index is -0.356. The number of hydrogen-bond acceptors (Lipinski definition) is 3. The predicted octanol–water partition coefficient (Wildman–Crippen LogP) is 2.99. The van der Waals surface area contributed by atoms with Crippen molar-refractivity contribution in [3.05, 3.63) is 12.2 Å². The molecule has 0 saturated carbocycles. The van der Waals surface area contributed by atoms with Crippen molar-refractivity contribution in [2.45, 2.75) is 70.6 Å². The fourth-order valence-corrected chi connectivity index (χ4v) is 2.69. The van der Waals surface area contributed by atoms with E-state index in [9.17, 15) is 4.79 Å². The Labute approximate surface area is 117 Å². The molecule has 0 spiro atoms. The number of rotatable bonds is 2. The standard InChI is InChI=1S/C15H28N2O2/c1-14(2,3)17-15(4)10-6-8-12(9-7-11-15)19-13(18)16-5/h6,8,12,17H,7,9-11H2,1-5H3,(H,16,18)/b8-6+. The third-order valence-corrected chi connectivity index (χ3v) is 3.28. The number of hydrogen-bond donors (Lipinski definition) is 2. The lowest BCUT2D eigenvalue weighted by atomic mass is 9.85. The van der Waals surface area contributed by atoms with E-state index in [1.807, 2.05) is 6.08 Å². The second kappa shape index (κ2) is 6.42. The van der Waals surface area contributed by atoms with Crippen molar-refractivity contribution in [1.29, 1.82) is 0 Å². The molecule has 1 rings (SSSR count). The lowest BCUT2D eigenvalue weighted by Crippen LogP contribution is -2.52. The summed E-state index contributed by atoms with van der Waals surface area (Å²) in [7, 11) is 1.58. The zero-order valence-electron chi connectivity index (χ0n) is 12.9. The lowest BCUT2D eigenvalue weighted by molar-refractivity contribution is 0.112. The summed E-state index contributed by atoms with van der Waals surface area (Å²) in [6.45, 7) is 8.84. The average Bonchev–Trinajstić information content (AvgIpc) is 2.23. The molecule has 1 aliphatic carbocycles. The van der Waals surface area contributed by atoms with Gasteiger partial charge in [0.1, 0.15) is 6.10 Å². The van der Waals surface area contributed by atoms with Gasteiger partial charge in [-0.15, -0.1) is 0 Å². The second-order valence-corrected chi connectivity index (χ2v) is 6.65. The van der Waals surface area contributed by atoms with Crippen LogP contribution in [-0.4, -0.2) is 30.3 Å². The highest BCUT2D eigenvalue weighted by atomic mass is 16.6. The molecule has 0 fully saturated rings. The van der Waals surface area contributed by atoms with Crippen molar-refractivity contribution in [3.63, 3.8) is 0 Å². The Morgan fingerprint density at radius 2 is 2.11 bits per heavy atom. The molecule has 0 aromatic carbocycles. The molecule has 0 aromatic rings. The van der Waals surface area contributed by atoms with E-state index in [0.717, 1.165) is 25.7 Å². The summed E-state index contributed by atoms with van der Waals surface area (Å²) in [5, 5.41) is 6.19. The smallest absolute Gasteiger partial charge is 0.407 e. The monoisotopic (exact) mass is 268 g/mol. The van der Waals surface area contributed by atoms with Crippen LogP contribution in [-0.2, 0) is 4.74 Å². The van der Waals surface area contributed by atoms with Crippen LogP contribution in [0.15, 0.2) is 12.2 Å². The van der Waals surface area contributed by atoms with Gasteiger partial charge in [0, 0.05) is 18.1 Å². The molecule has 2 N–H and O–H groups in total. The number of ether oxygens (including phenoxy) is 1. The number of nitrogens with one attached hydrogen (secondary N) is 2. The van der Waals surface area contributed by atoms with E-state index >= 15 is 0 Å². The maximum absolute atomic E-state index is 11.2. The molecule has 2 atom stereocenters. The second-order valence-electron chi connectivity index (χ2n) is 6.65. The summed E-state index contributed by atoms with van der Waals surface area (Å²) in [6, 6.07) is 0. The Morgan fingerprint density at radius 1 is 1.42 bits per heavy atom. The Bertz CT molecular complexity index is 334. The highest BCUT2D eigenvalue weighted by Gasteiger charge is 2.29. The highest BCUT2D eigenvalue weighted by Crippen LogP contribution is 2.25. The van der Waals surface area contributed by atoms with Crippen LogP contribution in [0, 0.1) is 0 Å². The van der Waals surface area contributed by atoms with Crippen LogP contribution in [0.5, 0.6) is 0 Å². The van der Waals surface area contributed by atoms with E-state index in [0.29, 0.717) is 0 Å². The highest BCUT2D eigenvalue weighted by molar-refractivity contribution is 5.67. The number of amides is 1. The van der Waals surface area contributed by atoms with Crippen LogP contribution in [0.2, 0.25) is 0 Å². The van der Waals surface area contributed by atoms with Crippen molar-refractivity contribution in [2.24, 2.45) is 0 Å². The van der Waals surface area contributed by atoms with Crippen molar-refractivity contribution < 1.29 is 9.53 Å². The normalized spacial score (nSPS) is 30.1. The molecule has 1 amide bonds. The summed E-state index contributed by atoms with van der Waals surface area (Å²) in [4.78, 5) is 11.2. The zero-order chi connectivity index (χ0) is 14.5. The minimum absolute atomic E-state index is 0.0980. The third kappa shape index (κ3) is 6.10. The summed E-state index contributed by atoms with van der Waals surface area (Å²) in [5.41, 5.74) is 0.229. The van der Waals surface area contributed by atoms with Gasteiger partial charge in [0.2, 0.25) is 0 Å². The van der Waals surface area contributed by atoms with Gasteiger partial charge in [0.25, 0.3) is 0 Å². The van der Waals surface area contributed by atoms with Gasteiger partial charge >= 0.3 is 6.09 Å². The molecule has 4 heteroatoms. The fraction of sp³-hybridized carbons (Fsp3) is 0.800. The van der Waals surface area contributed by atoms with Crippen LogP contribution in [0.25, 0.3) is 0 Å².